The minimum Gasteiger partial charge on any atom is -0.370 e. The highest BCUT2D eigenvalue weighted by atomic mass is 127. The maximum absolute atomic E-state index is 5.99. The van der Waals surface area contributed by atoms with E-state index in [1.54, 1.807) is 6.20 Å². The molecule has 6 heteroatoms. The lowest BCUT2D eigenvalue weighted by Gasteiger charge is -2.17. The molecule has 1 heterocycles. The van der Waals surface area contributed by atoms with E-state index in [4.69, 9.17) is 5.73 Å². The zero-order chi connectivity index (χ0) is 14.2. The molecule has 0 amide bonds. The zero-order valence-corrected chi connectivity index (χ0v) is 15.2. The van der Waals surface area contributed by atoms with Crippen molar-refractivity contribution >= 4 is 29.9 Å². The Morgan fingerprint density at radius 3 is 2.71 bits per heavy atom. The van der Waals surface area contributed by atoms with Crippen molar-refractivity contribution in [3.05, 3.63) is 18.5 Å². The molecule has 1 unspecified atom stereocenters. The Morgan fingerprint density at radius 1 is 1.38 bits per heavy atom. The fourth-order valence-corrected chi connectivity index (χ4v) is 2.72. The maximum Gasteiger partial charge on any atom is 0.188 e. The van der Waals surface area contributed by atoms with Crippen LogP contribution < -0.4 is 11.1 Å². The molecule has 3 N–H and O–H groups in total. The number of nitrogens with two attached hydrogens (primary N) is 1. The molecule has 0 bridgehead atoms. The summed E-state index contributed by atoms with van der Waals surface area (Å²) in [5, 5.41) is 7.59. The molecule has 2 rings (SSSR count). The van der Waals surface area contributed by atoms with Gasteiger partial charge in [-0.05, 0) is 24.8 Å². The Morgan fingerprint density at radius 2 is 2.10 bits per heavy atom. The minimum atomic E-state index is 0. The van der Waals surface area contributed by atoms with Crippen molar-refractivity contribution in [1.82, 2.24) is 15.1 Å². The third kappa shape index (κ3) is 7.15. The number of nitrogens with zero attached hydrogens (tertiary/aromatic N) is 3. The summed E-state index contributed by atoms with van der Waals surface area (Å²) in [6, 6.07) is 2.46. The molecule has 1 saturated carbocycles. The fourth-order valence-electron chi connectivity index (χ4n) is 2.72. The summed E-state index contributed by atoms with van der Waals surface area (Å²) in [6.45, 7) is 3.79. The van der Waals surface area contributed by atoms with Gasteiger partial charge in [-0.15, -0.1) is 24.0 Å². The fraction of sp³-hybridized carbons (Fsp3) is 0.733. The van der Waals surface area contributed by atoms with Crippen LogP contribution in [0.15, 0.2) is 23.5 Å². The zero-order valence-electron chi connectivity index (χ0n) is 12.9. The predicted octanol–water partition coefficient (Wildman–Crippen LogP) is 2.76. The van der Waals surface area contributed by atoms with Crippen molar-refractivity contribution < 1.29 is 0 Å². The van der Waals surface area contributed by atoms with Crippen LogP contribution in [0.25, 0.3) is 0 Å². The van der Waals surface area contributed by atoms with E-state index in [0.717, 1.165) is 13.1 Å². The number of hydrogen-bond donors (Lipinski definition) is 2. The third-order valence-corrected chi connectivity index (χ3v) is 3.84. The first kappa shape index (κ1) is 18.3. The van der Waals surface area contributed by atoms with Crippen LogP contribution >= 0.6 is 24.0 Å². The average molecular weight is 405 g/mol. The molecule has 1 fully saturated rings. The lowest BCUT2D eigenvalue weighted by Crippen LogP contribution is -2.40. The molecule has 0 radical (unpaired) electrons. The van der Waals surface area contributed by atoms with Gasteiger partial charge in [-0.25, -0.2) is 0 Å². The smallest absolute Gasteiger partial charge is 0.188 e. The Hall–Kier alpha value is -0.790. The number of guanidine groups is 1. The van der Waals surface area contributed by atoms with Crippen LogP contribution in [-0.2, 0) is 6.54 Å². The van der Waals surface area contributed by atoms with Gasteiger partial charge in [0.1, 0.15) is 0 Å². The summed E-state index contributed by atoms with van der Waals surface area (Å²) in [4.78, 5) is 4.47. The monoisotopic (exact) mass is 405 g/mol. The van der Waals surface area contributed by atoms with Crippen LogP contribution in [0, 0.1) is 5.92 Å². The van der Waals surface area contributed by atoms with E-state index < -0.39 is 0 Å². The Labute approximate surface area is 144 Å². The van der Waals surface area contributed by atoms with Gasteiger partial charge in [-0.3, -0.25) is 9.67 Å². The summed E-state index contributed by atoms with van der Waals surface area (Å²) in [5.41, 5.74) is 5.99. The van der Waals surface area contributed by atoms with Crippen molar-refractivity contribution in [2.75, 3.05) is 6.54 Å². The highest BCUT2D eigenvalue weighted by Crippen LogP contribution is 2.16. The van der Waals surface area contributed by atoms with Gasteiger partial charge in [-0.2, -0.15) is 5.10 Å². The van der Waals surface area contributed by atoms with E-state index >= 15 is 0 Å². The molecule has 120 valence electrons. The largest absolute Gasteiger partial charge is 0.370 e. The van der Waals surface area contributed by atoms with Crippen molar-refractivity contribution in [2.45, 2.75) is 58.0 Å². The second-order valence-corrected chi connectivity index (χ2v) is 5.89. The van der Waals surface area contributed by atoms with Crippen LogP contribution in [0.4, 0.5) is 0 Å². The molecule has 1 atom stereocenters. The SMILES string of the molecule is CC(CN=C(N)NC1CCCCCC1)Cn1cccn1.I. The molecule has 1 aliphatic carbocycles. The van der Waals surface area contributed by atoms with Gasteiger partial charge < -0.3 is 11.1 Å². The standard InChI is InChI=1S/C15H27N5.HI/c1-13(12-20-10-6-9-18-20)11-17-15(16)19-14-7-4-2-3-5-8-14;/h6,9-10,13-14H,2-5,7-8,11-12H2,1H3,(H3,16,17,19);1H. The van der Waals surface area contributed by atoms with Crippen LogP contribution in [0.2, 0.25) is 0 Å². The first-order valence-electron chi connectivity index (χ1n) is 7.78. The second kappa shape index (κ2) is 10.0. The highest BCUT2D eigenvalue weighted by Gasteiger charge is 2.12. The number of nitrogens with one attached hydrogen (secondary N) is 1. The first-order valence-corrected chi connectivity index (χ1v) is 7.78. The van der Waals surface area contributed by atoms with Crippen LogP contribution in [0.1, 0.15) is 45.4 Å². The Kier molecular flexibility index (Phi) is 8.72. The summed E-state index contributed by atoms with van der Waals surface area (Å²) < 4.78 is 1.94. The van der Waals surface area contributed by atoms with Gasteiger partial charge in [-0.1, -0.05) is 32.6 Å². The molecule has 1 aliphatic rings. The number of aliphatic imine (C=N–C) groups is 1. The normalized spacial score (nSPS) is 18.6. The van der Waals surface area contributed by atoms with Gasteiger partial charge in [0, 0.05) is 31.5 Å². The molecule has 21 heavy (non-hydrogen) atoms. The number of rotatable bonds is 5. The topological polar surface area (TPSA) is 68.2 Å². The Balaban J connectivity index is 0.00000220. The summed E-state index contributed by atoms with van der Waals surface area (Å²) in [7, 11) is 0. The van der Waals surface area contributed by atoms with Crippen molar-refractivity contribution in [1.29, 1.82) is 0 Å². The Bertz CT molecular complexity index is 396. The maximum atomic E-state index is 5.99. The molecule has 1 aromatic rings. The van der Waals surface area contributed by atoms with Crippen LogP contribution in [0.5, 0.6) is 0 Å². The predicted molar refractivity (Wildman–Crippen MR) is 97.9 cm³/mol. The van der Waals surface area contributed by atoms with Gasteiger partial charge in [0.25, 0.3) is 0 Å². The van der Waals surface area contributed by atoms with E-state index in [1.807, 2.05) is 16.9 Å². The van der Waals surface area contributed by atoms with Gasteiger partial charge >= 0.3 is 0 Å². The van der Waals surface area contributed by atoms with Crippen molar-refractivity contribution in [3.8, 4) is 0 Å². The molecule has 1 aromatic heterocycles. The molecule has 0 spiro atoms. The number of halogens is 1. The van der Waals surface area contributed by atoms with Gasteiger partial charge in [0.2, 0.25) is 0 Å². The van der Waals surface area contributed by atoms with Crippen LogP contribution in [-0.4, -0.2) is 28.3 Å². The molecule has 0 aromatic carbocycles. The lowest BCUT2D eigenvalue weighted by atomic mass is 10.1. The van der Waals surface area contributed by atoms with Gasteiger partial charge in [0.05, 0.1) is 0 Å². The molecular weight excluding hydrogens is 377 g/mol. The highest BCUT2D eigenvalue weighted by molar-refractivity contribution is 14.0. The molecular formula is C15H28IN5. The van der Waals surface area contributed by atoms with Crippen molar-refractivity contribution in [2.24, 2.45) is 16.6 Å². The number of hydrogen-bond acceptors (Lipinski definition) is 2. The molecule has 0 aliphatic heterocycles. The third-order valence-electron chi connectivity index (χ3n) is 3.84. The van der Waals surface area contributed by atoms with E-state index in [1.165, 1.54) is 38.5 Å². The summed E-state index contributed by atoms with van der Waals surface area (Å²) in [5.74, 6) is 1.04. The van der Waals surface area contributed by atoms with Crippen molar-refractivity contribution in [3.63, 3.8) is 0 Å². The van der Waals surface area contributed by atoms with Gasteiger partial charge in [0.15, 0.2) is 5.96 Å². The summed E-state index contributed by atoms with van der Waals surface area (Å²) in [6.07, 6.45) is 11.6. The summed E-state index contributed by atoms with van der Waals surface area (Å²) >= 11 is 0. The van der Waals surface area contributed by atoms with E-state index in [-0.39, 0.29) is 24.0 Å². The molecule has 5 nitrogen and oxygen atoms in total. The average Bonchev–Trinajstić information content (AvgIpc) is 2.80. The first-order chi connectivity index (χ1) is 9.74. The van der Waals surface area contributed by atoms with E-state index in [2.05, 4.69) is 22.3 Å². The van der Waals surface area contributed by atoms with E-state index in [0.29, 0.717) is 17.9 Å². The minimum absolute atomic E-state index is 0. The van der Waals surface area contributed by atoms with Crippen LogP contribution in [0.3, 0.4) is 0 Å². The number of aromatic nitrogens is 2. The lowest BCUT2D eigenvalue weighted by molar-refractivity contribution is 0.457. The van der Waals surface area contributed by atoms with E-state index in [9.17, 15) is 0 Å². The molecule has 0 saturated heterocycles. The second-order valence-electron chi connectivity index (χ2n) is 5.89. The quantitative estimate of drug-likeness (QED) is 0.343.